The van der Waals surface area contributed by atoms with Crippen LogP contribution in [0, 0.1) is 0 Å². The number of piperidine rings is 1. The SMILES string of the molecule is CCCCCCCNC1CCN(CC)CC1. The van der Waals surface area contributed by atoms with Gasteiger partial charge in [-0.15, -0.1) is 0 Å². The topological polar surface area (TPSA) is 15.3 Å². The van der Waals surface area contributed by atoms with Crippen molar-refractivity contribution in [1.82, 2.24) is 10.2 Å². The Balaban J connectivity index is 1.90. The first-order valence-corrected chi connectivity index (χ1v) is 7.32. The summed E-state index contributed by atoms with van der Waals surface area (Å²) in [6.07, 6.45) is 9.67. The molecular weight excluding hydrogens is 196 g/mol. The highest BCUT2D eigenvalue weighted by Gasteiger charge is 2.16. The minimum absolute atomic E-state index is 0.800. The molecule has 0 bridgehead atoms. The van der Waals surface area contributed by atoms with E-state index >= 15 is 0 Å². The van der Waals surface area contributed by atoms with Gasteiger partial charge in [-0.1, -0.05) is 39.5 Å². The molecule has 1 N–H and O–H groups in total. The van der Waals surface area contributed by atoms with Crippen molar-refractivity contribution in [2.75, 3.05) is 26.2 Å². The second kappa shape index (κ2) is 9.00. The molecule has 1 heterocycles. The van der Waals surface area contributed by atoms with Crippen molar-refractivity contribution >= 4 is 0 Å². The first-order chi connectivity index (χ1) is 7.86. The molecule has 2 nitrogen and oxygen atoms in total. The minimum atomic E-state index is 0.800. The molecule has 1 rings (SSSR count). The van der Waals surface area contributed by atoms with E-state index in [1.165, 1.54) is 71.1 Å². The molecule has 16 heavy (non-hydrogen) atoms. The number of unbranched alkanes of at least 4 members (excludes halogenated alkanes) is 4. The molecule has 0 amide bonds. The number of hydrogen-bond donors (Lipinski definition) is 1. The molecule has 0 unspecified atom stereocenters. The maximum Gasteiger partial charge on any atom is 0.00914 e. The Kier molecular flexibility index (Phi) is 7.87. The van der Waals surface area contributed by atoms with E-state index in [1.54, 1.807) is 0 Å². The predicted octanol–water partition coefficient (Wildman–Crippen LogP) is 3.03. The molecule has 0 atom stereocenters. The van der Waals surface area contributed by atoms with E-state index in [9.17, 15) is 0 Å². The van der Waals surface area contributed by atoms with Gasteiger partial charge in [-0.05, 0) is 45.4 Å². The lowest BCUT2D eigenvalue weighted by atomic mass is 10.0. The number of nitrogens with zero attached hydrogens (tertiary/aromatic N) is 1. The van der Waals surface area contributed by atoms with Crippen molar-refractivity contribution in [3.8, 4) is 0 Å². The summed E-state index contributed by atoms with van der Waals surface area (Å²) in [5.74, 6) is 0. The van der Waals surface area contributed by atoms with Gasteiger partial charge in [0.15, 0.2) is 0 Å². The van der Waals surface area contributed by atoms with Crippen LogP contribution in [0.15, 0.2) is 0 Å². The van der Waals surface area contributed by atoms with Crippen LogP contribution >= 0.6 is 0 Å². The lowest BCUT2D eigenvalue weighted by molar-refractivity contribution is 0.206. The zero-order valence-corrected chi connectivity index (χ0v) is 11.3. The Hall–Kier alpha value is -0.0800. The lowest BCUT2D eigenvalue weighted by Gasteiger charge is -2.31. The van der Waals surface area contributed by atoms with Gasteiger partial charge in [-0.2, -0.15) is 0 Å². The summed E-state index contributed by atoms with van der Waals surface area (Å²) in [5, 5.41) is 3.72. The van der Waals surface area contributed by atoms with E-state index in [4.69, 9.17) is 0 Å². The van der Waals surface area contributed by atoms with Gasteiger partial charge in [-0.3, -0.25) is 0 Å². The molecule has 2 heteroatoms. The third kappa shape index (κ3) is 5.86. The molecule has 0 aromatic rings. The molecular formula is C14H30N2. The maximum atomic E-state index is 3.72. The molecule has 0 aromatic carbocycles. The maximum absolute atomic E-state index is 3.72. The van der Waals surface area contributed by atoms with Gasteiger partial charge in [0.2, 0.25) is 0 Å². The van der Waals surface area contributed by atoms with Gasteiger partial charge in [0.05, 0.1) is 0 Å². The van der Waals surface area contributed by atoms with Crippen molar-refractivity contribution in [2.45, 2.75) is 64.8 Å². The highest BCUT2D eigenvalue weighted by atomic mass is 15.1. The van der Waals surface area contributed by atoms with E-state index in [0.29, 0.717) is 0 Å². The number of rotatable bonds is 8. The van der Waals surface area contributed by atoms with Gasteiger partial charge < -0.3 is 10.2 Å². The highest BCUT2D eigenvalue weighted by molar-refractivity contribution is 4.76. The zero-order chi connectivity index (χ0) is 11.6. The van der Waals surface area contributed by atoms with Gasteiger partial charge in [0, 0.05) is 6.04 Å². The fourth-order valence-corrected chi connectivity index (χ4v) is 2.49. The summed E-state index contributed by atoms with van der Waals surface area (Å²) in [7, 11) is 0. The Morgan fingerprint density at radius 1 is 1.00 bits per heavy atom. The van der Waals surface area contributed by atoms with Crippen molar-refractivity contribution in [2.24, 2.45) is 0 Å². The Bertz CT molecular complexity index is 151. The normalized spacial score (nSPS) is 19.1. The predicted molar refractivity (Wildman–Crippen MR) is 71.9 cm³/mol. The molecule has 1 saturated heterocycles. The average molecular weight is 226 g/mol. The number of hydrogen-bond acceptors (Lipinski definition) is 2. The summed E-state index contributed by atoms with van der Waals surface area (Å²) in [6.45, 7) is 9.60. The molecule has 1 fully saturated rings. The number of nitrogens with one attached hydrogen (secondary N) is 1. The van der Waals surface area contributed by atoms with Crippen LogP contribution in [-0.4, -0.2) is 37.1 Å². The van der Waals surface area contributed by atoms with Gasteiger partial charge in [0.1, 0.15) is 0 Å². The molecule has 96 valence electrons. The van der Waals surface area contributed by atoms with E-state index in [0.717, 1.165) is 6.04 Å². The average Bonchev–Trinajstić information content (AvgIpc) is 2.34. The molecule has 0 spiro atoms. The van der Waals surface area contributed by atoms with Crippen molar-refractivity contribution in [3.63, 3.8) is 0 Å². The van der Waals surface area contributed by atoms with E-state index in [1.807, 2.05) is 0 Å². The van der Waals surface area contributed by atoms with Crippen LogP contribution in [0.1, 0.15) is 58.8 Å². The van der Waals surface area contributed by atoms with Crippen molar-refractivity contribution in [1.29, 1.82) is 0 Å². The Morgan fingerprint density at radius 3 is 2.31 bits per heavy atom. The van der Waals surface area contributed by atoms with Crippen LogP contribution in [0.25, 0.3) is 0 Å². The summed E-state index contributed by atoms with van der Waals surface area (Å²) in [4.78, 5) is 2.55. The van der Waals surface area contributed by atoms with Crippen LogP contribution in [0.2, 0.25) is 0 Å². The van der Waals surface area contributed by atoms with E-state index in [2.05, 4.69) is 24.1 Å². The molecule has 1 aliphatic rings. The van der Waals surface area contributed by atoms with Crippen molar-refractivity contribution in [3.05, 3.63) is 0 Å². The standard InChI is InChI=1S/C14H30N2/c1-3-5-6-7-8-11-15-14-9-12-16(4-2)13-10-14/h14-15H,3-13H2,1-2H3. The monoisotopic (exact) mass is 226 g/mol. The minimum Gasteiger partial charge on any atom is -0.314 e. The quantitative estimate of drug-likeness (QED) is 0.640. The molecule has 0 aliphatic carbocycles. The summed E-state index contributed by atoms with van der Waals surface area (Å²) in [5.41, 5.74) is 0. The Morgan fingerprint density at radius 2 is 1.69 bits per heavy atom. The van der Waals surface area contributed by atoms with Gasteiger partial charge >= 0.3 is 0 Å². The molecule has 1 aliphatic heterocycles. The van der Waals surface area contributed by atoms with E-state index < -0.39 is 0 Å². The zero-order valence-electron chi connectivity index (χ0n) is 11.3. The third-order valence-electron chi connectivity index (χ3n) is 3.75. The van der Waals surface area contributed by atoms with Crippen LogP contribution in [0.4, 0.5) is 0 Å². The summed E-state index contributed by atoms with van der Waals surface area (Å²) in [6, 6.07) is 0.800. The largest absolute Gasteiger partial charge is 0.314 e. The summed E-state index contributed by atoms with van der Waals surface area (Å²) >= 11 is 0. The lowest BCUT2D eigenvalue weighted by Crippen LogP contribution is -2.42. The van der Waals surface area contributed by atoms with Crippen LogP contribution in [-0.2, 0) is 0 Å². The first kappa shape index (κ1) is 14.0. The van der Waals surface area contributed by atoms with Crippen LogP contribution in [0.3, 0.4) is 0 Å². The smallest absolute Gasteiger partial charge is 0.00914 e. The van der Waals surface area contributed by atoms with E-state index in [-0.39, 0.29) is 0 Å². The van der Waals surface area contributed by atoms with Gasteiger partial charge in [0.25, 0.3) is 0 Å². The molecule has 0 saturated carbocycles. The van der Waals surface area contributed by atoms with Crippen LogP contribution in [0.5, 0.6) is 0 Å². The molecule has 0 radical (unpaired) electrons. The van der Waals surface area contributed by atoms with Crippen molar-refractivity contribution < 1.29 is 0 Å². The molecule has 0 aromatic heterocycles. The summed E-state index contributed by atoms with van der Waals surface area (Å²) < 4.78 is 0. The fourth-order valence-electron chi connectivity index (χ4n) is 2.49. The third-order valence-corrected chi connectivity index (χ3v) is 3.75. The highest BCUT2D eigenvalue weighted by Crippen LogP contribution is 2.10. The number of likely N-dealkylation sites (tertiary alicyclic amines) is 1. The van der Waals surface area contributed by atoms with Crippen LogP contribution < -0.4 is 5.32 Å². The first-order valence-electron chi connectivity index (χ1n) is 7.32. The second-order valence-corrected chi connectivity index (χ2v) is 5.08. The fraction of sp³-hybridized carbons (Fsp3) is 1.00. The Labute approximate surface area is 102 Å². The second-order valence-electron chi connectivity index (χ2n) is 5.08. The van der Waals surface area contributed by atoms with Gasteiger partial charge in [-0.25, -0.2) is 0 Å².